The van der Waals surface area contributed by atoms with Crippen LogP contribution in [0, 0.1) is 6.92 Å². The molecule has 0 fully saturated rings. The Morgan fingerprint density at radius 2 is 1.66 bits per heavy atom. The van der Waals surface area contributed by atoms with Crippen LogP contribution >= 0.6 is 0 Å². The highest BCUT2D eigenvalue weighted by molar-refractivity contribution is 5.98. The summed E-state index contributed by atoms with van der Waals surface area (Å²) in [6, 6.07) is 13.3. The number of carbonyl (C=O) groups excluding carboxylic acids is 3. The third kappa shape index (κ3) is 6.33. The normalized spacial score (nSPS) is 11.3. The maximum absolute atomic E-state index is 13.0. The van der Waals surface area contributed by atoms with Gasteiger partial charge in [-0.25, -0.2) is 9.50 Å². The zero-order valence-electron chi connectivity index (χ0n) is 20.3. The van der Waals surface area contributed by atoms with Crippen molar-refractivity contribution in [3.05, 3.63) is 94.4 Å². The lowest BCUT2D eigenvalue weighted by Gasteiger charge is -2.12. The molecule has 12 heteroatoms. The maximum Gasteiger partial charge on any atom is 0.573 e. The lowest BCUT2D eigenvalue weighted by molar-refractivity contribution is -0.274. The molecular weight excluding hydrogens is 503 g/mol. The van der Waals surface area contributed by atoms with Crippen LogP contribution in [0.15, 0.2) is 60.8 Å². The van der Waals surface area contributed by atoms with Gasteiger partial charge in [-0.1, -0.05) is 30.3 Å². The van der Waals surface area contributed by atoms with E-state index >= 15 is 0 Å². The quantitative estimate of drug-likeness (QED) is 0.336. The number of nitrogens with one attached hydrogen (secondary N) is 2. The predicted octanol–water partition coefficient (Wildman–Crippen LogP) is 4.00. The van der Waals surface area contributed by atoms with E-state index in [0.29, 0.717) is 11.1 Å². The number of hydrogen-bond donors (Lipinski definition) is 2. The lowest BCUT2D eigenvalue weighted by atomic mass is 10.0. The first kappa shape index (κ1) is 26.3. The minimum atomic E-state index is -4.83. The van der Waals surface area contributed by atoms with Gasteiger partial charge in [0.05, 0.1) is 6.20 Å². The van der Waals surface area contributed by atoms with Crippen molar-refractivity contribution in [3.63, 3.8) is 0 Å². The van der Waals surface area contributed by atoms with Crippen LogP contribution in [0.3, 0.4) is 0 Å². The van der Waals surface area contributed by atoms with Crippen molar-refractivity contribution < 1.29 is 32.3 Å². The molecule has 2 aromatic heterocycles. The van der Waals surface area contributed by atoms with Crippen LogP contribution in [-0.4, -0.2) is 38.6 Å². The Morgan fingerprint density at radius 3 is 2.34 bits per heavy atom. The fourth-order valence-electron chi connectivity index (χ4n) is 3.82. The van der Waals surface area contributed by atoms with E-state index in [1.807, 2.05) is 6.92 Å². The summed E-state index contributed by atoms with van der Waals surface area (Å²) >= 11 is 0. The molecule has 2 aromatic carbocycles. The van der Waals surface area contributed by atoms with E-state index in [-0.39, 0.29) is 35.9 Å². The molecule has 2 N–H and O–H groups in total. The number of carbonyl (C=O) groups is 3. The minimum absolute atomic E-state index is 0.0518. The summed E-state index contributed by atoms with van der Waals surface area (Å²) in [6.07, 6.45) is -3.41. The second kappa shape index (κ2) is 10.7. The van der Waals surface area contributed by atoms with Gasteiger partial charge in [0.15, 0.2) is 11.4 Å². The van der Waals surface area contributed by atoms with Crippen molar-refractivity contribution >= 4 is 23.2 Å². The molecule has 0 radical (unpaired) electrons. The van der Waals surface area contributed by atoms with Gasteiger partial charge in [-0.2, -0.15) is 5.10 Å². The van der Waals surface area contributed by atoms with Crippen LogP contribution in [0.5, 0.6) is 5.75 Å². The molecule has 4 aromatic rings. The van der Waals surface area contributed by atoms with Gasteiger partial charge in [0.1, 0.15) is 17.1 Å². The van der Waals surface area contributed by atoms with Crippen molar-refractivity contribution in [2.24, 2.45) is 0 Å². The molecule has 196 valence electrons. The Bertz CT molecular complexity index is 1530. The number of aryl methyl sites for hydroxylation is 1. The molecule has 38 heavy (non-hydrogen) atoms. The fourth-order valence-corrected chi connectivity index (χ4v) is 3.82. The zero-order valence-corrected chi connectivity index (χ0v) is 20.3. The van der Waals surface area contributed by atoms with Crippen molar-refractivity contribution in [3.8, 4) is 5.75 Å². The van der Waals surface area contributed by atoms with Gasteiger partial charge < -0.3 is 15.4 Å². The number of hydrogen-bond acceptors (Lipinski definition) is 6. The standard InChI is InChI=1S/C26H22F3N5O4/c1-15-10-18(6-7-20(15)16(2)35)14-31-25(37)22-12-21(33-23-8-9-32-34(22)23)24(36)30-13-17-4-3-5-19(11-17)38-26(27,28)29/h3-12H,13-14H2,1-2H3,(H,30,36)(H,31,37). The zero-order chi connectivity index (χ0) is 27.4. The van der Waals surface area contributed by atoms with Crippen molar-refractivity contribution in [1.29, 1.82) is 0 Å². The molecule has 0 atom stereocenters. The largest absolute Gasteiger partial charge is 0.573 e. The average molecular weight is 525 g/mol. The molecule has 9 nitrogen and oxygen atoms in total. The third-order valence-electron chi connectivity index (χ3n) is 5.53. The number of Topliss-reactive ketones (excluding diaryl/α,β-unsaturated/α-hetero) is 1. The monoisotopic (exact) mass is 525 g/mol. The Balaban J connectivity index is 1.48. The number of halogens is 3. The van der Waals surface area contributed by atoms with Gasteiger partial charge in [-0.05, 0) is 42.7 Å². The van der Waals surface area contributed by atoms with Gasteiger partial charge in [-0.15, -0.1) is 13.2 Å². The molecule has 2 amide bonds. The molecule has 0 aliphatic rings. The second-order valence-electron chi connectivity index (χ2n) is 8.39. The first-order valence-corrected chi connectivity index (χ1v) is 11.4. The lowest BCUT2D eigenvalue weighted by Crippen LogP contribution is -2.28. The smallest absolute Gasteiger partial charge is 0.406 e. The van der Waals surface area contributed by atoms with Gasteiger partial charge >= 0.3 is 6.36 Å². The number of nitrogens with zero attached hydrogens (tertiary/aromatic N) is 3. The summed E-state index contributed by atoms with van der Waals surface area (Å²) in [5.41, 5.74) is 2.77. The predicted molar refractivity (Wildman–Crippen MR) is 130 cm³/mol. The Kier molecular flexibility index (Phi) is 7.42. The first-order valence-electron chi connectivity index (χ1n) is 11.4. The molecule has 0 saturated heterocycles. The number of fused-ring (bicyclic) bond motifs is 1. The van der Waals surface area contributed by atoms with E-state index in [9.17, 15) is 27.6 Å². The number of ether oxygens (including phenoxy) is 1. The molecule has 0 aliphatic heterocycles. The van der Waals surface area contributed by atoms with Crippen LogP contribution < -0.4 is 15.4 Å². The van der Waals surface area contributed by atoms with Gasteiger partial charge in [0.25, 0.3) is 11.8 Å². The highest BCUT2D eigenvalue weighted by Gasteiger charge is 2.31. The number of benzene rings is 2. The Hall–Kier alpha value is -4.74. The van der Waals surface area contributed by atoms with E-state index in [2.05, 4.69) is 25.5 Å². The number of rotatable bonds is 8. The molecule has 0 unspecified atom stereocenters. The Labute approximate surface area is 214 Å². The molecule has 0 aliphatic carbocycles. The molecule has 4 rings (SSSR count). The number of ketones is 1. The summed E-state index contributed by atoms with van der Waals surface area (Å²) in [4.78, 5) is 41.7. The highest BCUT2D eigenvalue weighted by atomic mass is 19.4. The molecule has 0 spiro atoms. The maximum atomic E-state index is 13.0. The summed E-state index contributed by atoms with van der Waals surface area (Å²) in [7, 11) is 0. The summed E-state index contributed by atoms with van der Waals surface area (Å²) in [5, 5.41) is 9.44. The van der Waals surface area contributed by atoms with Gasteiger partial charge in [0.2, 0.25) is 0 Å². The molecule has 2 heterocycles. The topological polar surface area (TPSA) is 115 Å². The third-order valence-corrected chi connectivity index (χ3v) is 5.53. The number of alkyl halides is 3. The van der Waals surface area contributed by atoms with Crippen molar-refractivity contribution in [1.82, 2.24) is 25.2 Å². The van der Waals surface area contributed by atoms with E-state index in [1.54, 1.807) is 18.2 Å². The van der Waals surface area contributed by atoms with Crippen LogP contribution in [-0.2, 0) is 13.1 Å². The minimum Gasteiger partial charge on any atom is -0.406 e. The van der Waals surface area contributed by atoms with E-state index in [4.69, 9.17) is 0 Å². The van der Waals surface area contributed by atoms with Gasteiger partial charge in [-0.3, -0.25) is 14.4 Å². The van der Waals surface area contributed by atoms with E-state index < -0.39 is 23.9 Å². The summed E-state index contributed by atoms with van der Waals surface area (Å²) in [5.74, 6) is -1.61. The fraction of sp³-hybridized carbons (Fsp3) is 0.192. The summed E-state index contributed by atoms with van der Waals surface area (Å²) < 4.78 is 42.6. The average Bonchev–Trinajstić information content (AvgIpc) is 3.33. The van der Waals surface area contributed by atoms with Crippen LogP contribution in [0.1, 0.15) is 54.9 Å². The number of aromatic nitrogens is 3. The van der Waals surface area contributed by atoms with E-state index in [0.717, 1.165) is 23.3 Å². The molecular formula is C26H22F3N5O4. The van der Waals surface area contributed by atoms with Gasteiger partial charge in [0, 0.05) is 30.8 Å². The van der Waals surface area contributed by atoms with Crippen LogP contribution in [0.2, 0.25) is 0 Å². The molecule has 0 bridgehead atoms. The van der Waals surface area contributed by atoms with Crippen LogP contribution in [0.4, 0.5) is 13.2 Å². The Morgan fingerprint density at radius 1 is 0.947 bits per heavy atom. The molecule has 0 saturated carbocycles. The van der Waals surface area contributed by atoms with E-state index in [1.165, 1.54) is 41.9 Å². The second-order valence-corrected chi connectivity index (χ2v) is 8.39. The highest BCUT2D eigenvalue weighted by Crippen LogP contribution is 2.23. The number of amides is 2. The van der Waals surface area contributed by atoms with Crippen LogP contribution in [0.25, 0.3) is 5.65 Å². The van der Waals surface area contributed by atoms with Crippen molar-refractivity contribution in [2.45, 2.75) is 33.3 Å². The summed E-state index contributed by atoms with van der Waals surface area (Å²) in [6.45, 7) is 3.36. The SMILES string of the molecule is CC(=O)c1ccc(CNC(=O)c2cc(C(=O)NCc3cccc(OC(F)(F)F)c3)nc3ccnn23)cc1C. The van der Waals surface area contributed by atoms with Crippen molar-refractivity contribution in [2.75, 3.05) is 0 Å². The first-order chi connectivity index (χ1) is 18.0.